The van der Waals surface area contributed by atoms with Crippen LogP contribution in [0.5, 0.6) is 0 Å². The maximum absolute atomic E-state index is 5.69. The van der Waals surface area contributed by atoms with E-state index in [-0.39, 0.29) is 6.04 Å². The van der Waals surface area contributed by atoms with E-state index in [1.807, 2.05) is 0 Å². The van der Waals surface area contributed by atoms with Crippen molar-refractivity contribution in [2.45, 2.75) is 32.2 Å². The summed E-state index contributed by atoms with van der Waals surface area (Å²) in [6.45, 7) is 2.16. The van der Waals surface area contributed by atoms with Gasteiger partial charge in [0, 0.05) is 0 Å². The third kappa shape index (κ3) is 0.951. The van der Waals surface area contributed by atoms with Gasteiger partial charge in [0.2, 0.25) is 0 Å². The van der Waals surface area contributed by atoms with Crippen molar-refractivity contribution in [3.8, 4) is 12.3 Å². The fourth-order valence-electron chi connectivity index (χ4n) is 1.22. The van der Waals surface area contributed by atoms with Gasteiger partial charge in [-0.3, -0.25) is 0 Å². The third-order valence-corrected chi connectivity index (χ3v) is 2.44. The molecule has 0 aliphatic heterocycles. The second-order valence-corrected chi connectivity index (χ2v) is 2.86. The molecule has 0 heterocycles. The van der Waals surface area contributed by atoms with Crippen LogP contribution in [0.3, 0.4) is 0 Å². The predicted octanol–water partition coefficient (Wildman–Crippen LogP) is 1.14. The first kappa shape index (κ1) is 6.64. The summed E-state index contributed by atoms with van der Waals surface area (Å²) < 4.78 is 0. The number of nitrogens with two attached hydrogens (primary N) is 1. The number of hydrogen-bond donors (Lipinski definition) is 1. The second kappa shape index (κ2) is 2.04. The molecule has 0 bridgehead atoms. The fourth-order valence-corrected chi connectivity index (χ4v) is 1.22. The minimum atomic E-state index is 0.00231. The van der Waals surface area contributed by atoms with Crippen molar-refractivity contribution in [2.75, 3.05) is 0 Å². The van der Waals surface area contributed by atoms with Gasteiger partial charge in [-0.15, -0.1) is 6.42 Å². The van der Waals surface area contributed by atoms with Gasteiger partial charge >= 0.3 is 0 Å². The number of terminal acetylenes is 1. The summed E-state index contributed by atoms with van der Waals surface area (Å²) in [7, 11) is 0. The quantitative estimate of drug-likeness (QED) is 0.547. The van der Waals surface area contributed by atoms with Crippen LogP contribution in [-0.2, 0) is 0 Å². The molecular weight excluding hydrogens is 110 g/mol. The molecule has 50 valence electrons. The van der Waals surface area contributed by atoms with Crippen molar-refractivity contribution >= 4 is 0 Å². The van der Waals surface area contributed by atoms with E-state index in [0.29, 0.717) is 5.41 Å². The Morgan fingerprint density at radius 1 is 1.78 bits per heavy atom. The molecule has 1 aliphatic carbocycles. The minimum Gasteiger partial charge on any atom is -0.317 e. The van der Waals surface area contributed by atoms with Crippen LogP contribution in [-0.4, -0.2) is 6.04 Å². The fraction of sp³-hybridized carbons (Fsp3) is 0.750. The first-order valence-electron chi connectivity index (χ1n) is 3.47. The first-order valence-corrected chi connectivity index (χ1v) is 3.47. The lowest BCUT2D eigenvalue weighted by Gasteiger charge is -2.14. The van der Waals surface area contributed by atoms with Gasteiger partial charge in [0.1, 0.15) is 0 Å². The molecule has 1 nitrogen and oxygen atoms in total. The van der Waals surface area contributed by atoms with Crippen molar-refractivity contribution in [2.24, 2.45) is 11.1 Å². The normalized spacial score (nSPS) is 24.6. The molecule has 0 aromatic heterocycles. The van der Waals surface area contributed by atoms with Crippen LogP contribution in [0.2, 0.25) is 0 Å². The van der Waals surface area contributed by atoms with Crippen LogP contribution in [0.25, 0.3) is 0 Å². The standard InChI is InChI=1S/C8H13N/c1-3-7(9)8(4-2)5-6-8/h1,7H,4-6,9H2,2H3. The summed E-state index contributed by atoms with van der Waals surface area (Å²) in [5.41, 5.74) is 6.03. The van der Waals surface area contributed by atoms with Crippen LogP contribution >= 0.6 is 0 Å². The van der Waals surface area contributed by atoms with E-state index in [2.05, 4.69) is 12.8 Å². The lowest BCUT2D eigenvalue weighted by atomic mass is 9.95. The van der Waals surface area contributed by atoms with Gasteiger partial charge in [-0.1, -0.05) is 12.8 Å². The lowest BCUT2D eigenvalue weighted by molar-refractivity contribution is 0.447. The summed E-state index contributed by atoms with van der Waals surface area (Å²) in [6.07, 6.45) is 8.80. The molecule has 0 aromatic rings. The average Bonchev–Trinajstić information content (AvgIpc) is 2.66. The smallest absolute Gasteiger partial charge is 0.0718 e. The SMILES string of the molecule is C#CC(N)C1(CC)CC1. The summed E-state index contributed by atoms with van der Waals surface area (Å²) >= 11 is 0. The molecule has 1 atom stereocenters. The summed E-state index contributed by atoms with van der Waals surface area (Å²) in [5.74, 6) is 2.60. The second-order valence-electron chi connectivity index (χ2n) is 2.86. The topological polar surface area (TPSA) is 26.0 Å². The molecule has 0 aromatic carbocycles. The van der Waals surface area contributed by atoms with Gasteiger partial charge in [-0.05, 0) is 24.7 Å². The monoisotopic (exact) mass is 123 g/mol. The van der Waals surface area contributed by atoms with Gasteiger partial charge in [0.05, 0.1) is 6.04 Å². The molecule has 0 spiro atoms. The van der Waals surface area contributed by atoms with Crippen LogP contribution in [0, 0.1) is 17.8 Å². The Bertz CT molecular complexity index is 139. The average molecular weight is 123 g/mol. The molecule has 1 aliphatic rings. The maximum Gasteiger partial charge on any atom is 0.0718 e. The van der Waals surface area contributed by atoms with E-state index >= 15 is 0 Å². The van der Waals surface area contributed by atoms with Crippen molar-refractivity contribution in [1.29, 1.82) is 0 Å². The van der Waals surface area contributed by atoms with Crippen molar-refractivity contribution in [1.82, 2.24) is 0 Å². The van der Waals surface area contributed by atoms with Gasteiger partial charge in [-0.2, -0.15) is 0 Å². The van der Waals surface area contributed by atoms with Crippen LogP contribution in [0.1, 0.15) is 26.2 Å². The van der Waals surface area contributed by atoms with Crippen molar-refractivity contribution in [3.63, 3.8) is 0 Å². The predicted molar refractivity (Wildman–Crippen MR) is 38.8 cm³/mol. The lowest BCUT2D eigenvalue weighted by Crippen LogP contribution is -2.29. The van der Waals surface area contributed by atoms with Crippen molar-refractivity contribution in [3.05, 3.63) is 0 Å². The summed E-state index contributed by atoms with van der Waals surface area (Å²) in [5, 5.41) is 0. The van der Waals surface area contributed by atoms with Gasteiger partial charge in [0.25, 0.3) is 0 Å². The number of rotatable bonds is 2. The van der Waals surface area contributed by atoms with E-state index in [9.17, 15) is 0 Å². The highest BCUT2D eigenvalue weighted by atomic mass is 14.7. The molecule has 9 heavy (non-hydrogen) atoms. The number of hydrogen-bond acceptors (Lipinski definition) is 1. The Hall–Kier alpha value is -0.480. The molecular formula is C8H13N. The molecule has 1 unspecified atom stereocenters. The summed E-state index contributed by atoms with van der Waals surface area (Å²) in [4.78, 5) is 0. The Kier molecular flexibility index (Phi) is 1.50. The molecule has 1 heteroatoms. The van der Waals surface area contributed by atoms with Gasteiger partial charge in [-0.25, -0.2) is 0 Å². The third-order valence-electron chi connectivity index (χ3n) is 2.44. The maximum atomic E-state index is 5.69. The Morgan fingerprint density at radius 3 is 2.44 bits per heavy atom. The Balaban J connectivity index is 2.51. The largest absolute Gasteiger partial charge is 0.317 e. The Morgan fingerprint density at radius 2 is 2.33 bits per heavy atom. The van der Waals surface area contributed by atoms with E-state index in [4.69, 9.17) is 12.2 Å². The molecule has 2 N–H and O–H groups in total. The first-order chi connectivity index (χ1) is 4.25. The van der Waals surface area contributed by atoms with E-state index in [1.54, 1.807) is 0 Å². The van der Waals surface area contributed by atoms with Crippen LogP contribution < -0.4 is 5.73 Å². The molecule has 0 radical (unpaired) electrons. The summed E-state index contributed by atoms with van der Waals surface area (Å²) in [6, 6.07) is 0.00231. The molecule has 1 saturated carbocycles. The Labute approximate surface area is 56.6 Å². The van der Waals surface area contributed by atoms with E-state index in [1.165, 1.54) is 12.8 Å². The zero-order valence-electron chi connectivity index (χ0n) is 5.85. The van der Waals surface area contributed by atoms with Gasteiger partial charge < -0.3 is 5.73 Å². The molecule has 0 amide bonds. The van der Waals surface area contributed by atoms with E-state index in [0.717, 1.165) is 6.42 Å². The van der Waals surface area contributed by atoms with E-state index < -0.39 is 0 Å². The zero-order valence-corrected chi connectivity index (χ0v) is 5.85. The van der Waals surface area contributed by atoms with Crippen LogP contribution in [0.4, 0.5) is 0 Å². The molecule has 1 rings (SSSR count). The molecule has 1 fully saturated rings. The molecule has 0 saturated heterocycles. The van der Waals surface area contributed by atoms with Crippen LogP contribution in [0.15, 0.2) is 0 Å². The highest BCUT2D eigenvalue weighted by Crippen LogP contribution is 2.50. The highest BCUT2D eigenvalue weighted by molar-refractivity contribution is 5.12. The highest BCUT2D eigenvalue weighted by Gasteiger charge is 2.45. The zero-order chi connectivity index (χ0) is 6.91. The minimum absolute atomic E-state index is 0.00231. The van der Waals surface area contributed by atoms with Crippen molar-refractivity contribution < 1.29 is 0 Å². The van der Waals surface area contributed by atoms with Gasteiger partial charge in [0.15, 0.2) is 0 Å².